The average Bonchev–Trinajstić information content (AvgIpc) is 2.65. The maximum Gasteiger partial charge on any atom is 0.387 e. The maximum atomic E-state index is 12.6. The highest BCUT2D eigenvalue weighted by Crippen LogP contribution is 2.26. The van der Waals surface area contributed by atoms with Crippen LogP contribution in [-0.4, -0.2) is 57.3 Å². The Kier molecular flexibility index (Phi) is 14.8. The summed E-state index contributed by atoms with van der Waals surface area (Å²) < 4.78 is 35.0. The number of methoxy groups -OCH3 is 1. The lowest BCUT2D eigenvalue weighted by molar-refractivity contribution is -0.0504. The monoisotopic (exact) mass is 528 g/mol. The van der Waals surface area contributed by atoms with E-state index in [1.807, 2.05) is 6.92 Å². The zero-order chi connectivity index (χ0) is 20.9. The number of aliphatic imine (C=N–C) groups is 1. The van der Waals surface area contributed by atoms with Crippen LogP contribution in [-0.2, 0) is 6.54 Å². The van der Waals surface area contributed by atoms with Crippen molar-refractivity contribution >= 4 is 29.9 Å². The molecule has 168 valence electrons. The van der Waals surface area contributed by atoms with Crippen molar-refractivity contribution in [1.29, 1.82) is 0 Å². The van der Waals surface area contributed by atoms with E-state index in [0.717, 1.165) is 25.9 Å². The molecule has 9 heteroatoms. The lowest BCUT2D eigenvalue weighted by atomic mass is 10.2. The molecule has 0 saturated carbocycles. The largest absolute Gasteiger partial charge is 0.497 e. The van der Waals surface area contributed by atoms with Crippen molar-refractivity contribution in [3.8, 4) is 11.5 Å². The Morgan fingerprint density at radius 3 is 2.52 bits per heavy atom. The predicted molar refractivity (Wildman–Crippen MR) is 125 cm³/mol. The normalized spacial score (nSPS) is 11.6. The van der Waals surface area contributed by atoms with Crippen molar-refractivity contribution in [2.75, 3.05) is 33.8 Å². The molecule has 2 N–H and O–H groups in total. The van der Waals surface area contributed by atoms with Crippen LogP contribution in [0.4, 0.5) is 8.78 Å². The molecule has 0 radical (unpaired) electrons. The Balaban J connectivity index is 0.00000784. The number of rotatable bonds is 12. The molecule has 0 aromatic heterocycles. The molecule has 29 heavy (non-hydrogen) atoms. The van der Waals surface area contributed by atoms with Crippen LogP contribution in [0.25, 0.3) is 0 Å². The lowest BCUT2D eigenvalue weighted by Gasteiger charge is -2.20. The van der Waals surface area contributed by atoms with E-state index in [1.54, 1.807) is 12.1 Å². The number of benzene rings is 1. The molecule has 0 amide bonds. The fourth-order valence-corrected chi connectivity index (χ4v) is 2.47. The van der Waals surface area contributed by atoms with E-state index in [1.165, 1.54) is 13.2 Å². The number of hydrogen-bond acceptors (Lipinski definition) is 4. The highest BCUT2D eigenvalue weighted by atomic mass is 127. The smallest absolute Gasteiger partial charge is 0.387 e. The van der Waals surface area contributed by atoms with Gasteiger partial charge in [-0.15, -0.1) is 24.0 Å². The Morgan fingerprint density at radius 2 is 1.93 bits per heavy atom. The zero-order valence-corrected chi connectivity index (χ0v) is 20.3. The van der Waals surface area contributed by atoms with Gasteiger partial charge in [0.25, 0.3) is 0 Å². The third-order valence-corrected chi connectivity index (χ3v) is 4.35. The second kappa shape index (κ2) is 15.5. The second-order valence-corrected chi connectivity index (χ2v) is 6.76. The fraction of sp³-hybridized carbons (Fsp3) is 0.650. The molecule has 0 atom stereocenters. The van der Waals surface area contributed by atoms with Gasteiger partial charge in [-0.25, -0.2) is 4.99 Å². The first-order valence-electron chi connectivity index (χ1n) is 9.71. The minimum Gasteiger partial charge on any atom is -0.497 e. The molecule has 1 rings (SSSR count). The topological polar surface area (TPSA) is 58.1 Å². The summed E-state index contributed by atoms with van der Waals surface area (Å²) in [5.41, 5.74) is 0.537. The van der Waals surface area contributed by atoms with Crippen LogP contribution in [0.3, 0.4) is 0 Å². The maximum absolute atomic E-state index is 12.6. The number of alkyl halides is 2. The van der Waals surface area contributed by atoms with Crippen LogP contribution < -0.4 is 20.1 Å². The summed E-state index contributed by atoms with van der Waals surface area (Å²) in [6.45, 7) is 6.20. The van der Waals surface area contributed by atoms with Crippen molar-refractivity contribution in [3.05, 3.63) is 23.8 Å². The molecule has 0 aliphatic rings. The van der Waals surface area contributed by atoms with Crippen molar-refractivity contribution in [3.63, 3.8) is 0 Å². The minimum absolute atomic E-state index is 0. The molecule has 0 spiro atoms. The first-order chi connectivity index (χ1) is 13.4. The van der Waals surface area contributed by atoms with E-state index >= 15 is 0 Å². The molecule has 0 aliphatic heterocycles. The number of unbranched alkanes of at least 4 members (excludes halogenated alkanes) is 1. The molecule has 0 saturated heterocycles. The van der Waals surface area contributed by atoms with E-state index < -0.39 is 6.61 Å². The number of guanidine groups is 1. The predicted octanol–water partition coefficient (Wildman–Crippen LogP) is 4.09. The summed E-state index contributed by atoms with van der Waals surface area (Å²) >= 11 is 0. The molecule has 0 bridgehead atoms. The van der Waals surface area contributed by atoms with Crippen molar-refractivity contribution in [1.82, 2.24) is 15.5 Å². The first kappa shape index (κ1) is 27.6. The van der Waals surface area contributed by atoms with Crippen LogP contribution >= 0.6 is 24.0 Å². The second-order valence-electron chi connectivity index (χ2n) is 6.76. The molecule has 0 unspecified atom stereocenters. The van der Waals surface area contributed by atoms with Gasteiger partial charge in [-0.2, -0.15) is 8.78 Å². The molecule has 6 nitrogen and oxygen atoms in total. The van der Waals surface area contributed by atoms with Gasteiger partial charge in [-0.3, -0.25) is 0 Å². The third kappa shape index (κ3) is 11.4. The van der Waals surface area contributed by atoms with E-state index in [0.29, 0.717) is 29.9 Å². The quantitative estimate of drug-likeness (QED) is 0.185. The van der Waals surface area contributed by atoms with Crippen LogP contribution in [0.15, 0.2) is 23.2 Å². The molecule has 1 aromatic carbocycles. The SMILES string of the molecule is CCNC(=NCc1cc(OC)ccc1OC(F)F)NCCCCN(C)C(C)C.I. The van der Waals surface area contributed by atoms with Crippen molar-refractivity contribution in [2.24, 2.45) is 4.99 Å². The van der Waals surface area contributed by atoms with Gasteiger partial charge in [0, 0.05) is 24.7 Å². The number of nitrogens with one attached hydrogen (secondary N) is 2. The average molecular weight is 528 g/mol. The molecule has 1 aromatic rings. The third-order valence-electron chi connectivity index (χ3n) is 4.35. The van der Waals surface area contributed by atoms with Crippen molar-refractivity contribution in [2.45, 2.75) is 52.8 Å². The van der Waals surface area contributed by atoms with E-state index in [2.05, 4.69) is 46.2 Å². The molecule has 0 fully saturated rings. The van der Waals surface area contributed by atoms with Gasteiger partial charge in [-0.05, 0) is 65.4 Å². The Morgan fingerprint density at radius 1 is 1.21 bits per heavy atom. The van der Waals surface area contributed by atoms with Gasteiger partial charge in [0.1, 0.15) is 11.5 Å². The van der Waals surface area contributed by atoms with Crippen molar-refractivity contribution < 1.29 is 18.3 Å². The van der Waals surface area contributed by atoms with Gasteiger partial charge >= 0.3 is 6.61 Å². The highest BCUT2D eigenvalue weighted by molar-refractivity contribution is 14.0. The lowest BCUT2D eigenvalue weighted by Crippen LogP contribution is -2.38. The number of nitrogens with zero attached hydrogens (tertiary/aromatic N) is 2. The summed E-state index contributed by atoms with van der Waals surface area (Å²) in [5.74, 6) is 1.32. The van der Waals surface area contributed by atoms with Gasteiger partial charge in [0.05, 0.1) is 13.7 Å². The summed E-state index contributed by atoms with van der Waals surface area (Å²) in [6, 6.07) is 5.26. The summed E-state index contributed by atoms with van der Waals surface area (Å²) in [6.07, 6.45) is 2.10. The van der Waals surface area contributed by atoms with Crippen LogP contribution in [0, 0.1) is 0 Å². The van der Waals surface area contributed by atoms with Gasteiger partial charge < -0.3 is 25.0 Å². The fourth-order valence-electron chi connectivity index (χ4n) is 2.47. The highest BCUT2D eigenvalue weighted by Gasteiger charge is 2.11. The van der Waals surface area contributed by atoms with E-state index in [4.69, 9.17) is 4.74 Å². The Bertz CT molecular complexity index is 604. The Hall–Kier alpha value is -1.36. The molecule has 0 heterocycles. The standard InChI is InChI=1S/C20H34F2N4O2.HI/c1-6-23-20(24-11-7-8-12-26(4)15(2)3)25-14-16-13-17(27-5)9-10-18(16)28-19(21)22;/h9-10,13,15,19H,6-8,11-12,14H2,1-5H3,(H2,23,24,25);1H. The first-order valence-corrected chi connectivity index (χ1v) is 9.71. The zero-order valence-electron chi connectivity index (χ0n) is 18.0. The van der Waals surface area contributed by atoms with Gasteiger partial charge in [-0.1, -0.05) is 0 Å². The van der Waals surface area contributed by atoms with E-state index in [9.17, 15) is 8.78 Å². The Labute approximate surface area is 190 Å². The molecular formula is C20H35F2IN4O2. The van der Waals surface area contributed by atoms with Gasteiger partial charge in [0.15, 0.2) is 5.96 Å². The summed E-state index contributed by atoms with van der Waals surface area (Å²) in [4.78, 5) is 6.80. The summed E-state index contributed by atoms with van der Waals surface area (Å²) in [7, 11) is 3.65. The van der Waals surface area contributed by atoms with Crippen LogP contribution in [0.5, 0.6) is 11.5 Å². The number of ether oxygens (including phenoxy) is 2. The van der Waals surface area contributed by atoms with Gasteiger partial charge in [0.2, 0.25) is 0 Å². The van der Waals surface area contributed by atoms with Crippen LogP contribution in [0.1, 0.15) is 39.2 Å². The summed E-state index contributed by atoms with van der Waals surface area (Å²) in [5, 5.41) is 6.45. The van der Waals surface area contributed by atoms with E-state index in [-0.39, 0.29) is 36.3 Å². The minimum atomic E-state index is -2.88. The number of halogens is 3. The molecular weight excluding hydrogens is 493 g/mol. The molecule has 0 aliphatic carbocycles. The van der Waals surface area contributed by atoms with Crippen LogP contribution in [0.2, 0.25) is 0 Å². The number of hydrogen-bond donors (Lipinski definition) is 2.